The summed E-state index contributed by atoms with van der Waals surface area (Å²) in [5, 5.41) is 24.7. The number of aromatic hydroxyl groups is 1. The molecule has 0 aliphatic rings. The molecule has 148 valence electrons. The molecule has 3 rings (SSSR count). The van der Waals surface area contributed by atoms with Crippen molar-refractivity contribution in [2.75, 3.05) is 5.32 Å². The van der Waals surface area contributed by atoms with Crippen LogP contribution < -0.4 is 10.1 Å². The van der Waals surface area contributed by atoms with Crippen LogP contribution in [0.15, 0.2) is 54.6 Å². The Morgan fingerprint density at radius 3 is 2.45 bits per heavy atom. The van der Waals surface area contributed by atoms with E-state index in [1.807, 2.05) is 45.2 Å². The van der Waals surface area contributed by atoms with Crippen molar-refractivity contribution >= 4 is 74.1 Å². The van der Waals surface area contributed by atoms with Gasteiger partial charge in [-0.1, -0.05) is 11.6 Å². The molecule has 2 N–H and O–H groups in total. The summed E-state index contributed by atoms with van der Waals surface area (Å²) in [6.45, 7) is 0. The molecule has 0 aliphatic heterocycles. The van der Waals surface area contributed by atoms with Crippen LogP contribution in [0.1, 0.15) is 10.4 Å². The van der Waals surface area contributed by atoms with Crippen LogP contribution in [0.2, 0.25) is 5.02 Å². The number of carbonyl (C=O) groups excluding carboxylic acids is 1. The average molecular weight is 637 g/mol. The molecule has 3 aromatic rings. The van der Waals surface area contributed by atoms with Crippen LogP contribution in [-0.4, -0.2) is 15.9 Å². The number of carbonyl (C=O) groups is 1. The Morgan fingerprint density at radius 2 is 1.79 bits per heavy atom. The highest BCUT2D eigenvalue weighted by Crippen LogP contribution is 2.35. The summed E-state index contributed by atoms with van der Waals surface area (Å²) in [4.78, 5) is 23.4. The van der Waals surface area contributed by atoms with E-state index in [2.05, 4.69) is 5.32 Å². The number of ether oxygens (including phenoxy) is 1. The highest BCUT2D eigenvalue weighted by molar-refractivity contribution is 14.1. The lowest BCUT2D eigenvalue weighted by molar-refractivity contribution is -0.385. The zero-order chi connectivity index (χ0) is 21.1. The van der Waals surface area contributed by atoms with E-state index in [1.165, 1.54) is 24.3 Å². The van der Waals surface area contributed by atoms with Crippen LogP contribution in [0.4, 0.5) is 11.4 Å². The third kappa shape index (κ3) is 5.28. The van der Waals surface area contributed by atoms with Gasteiger partial charge in [-0.25, -0.2) is 0 Å². The minimum absolute atomic E-state index is 0.0157. The summed E-state index contributed by atoms with van der Waals surface area (Å²) in [7, 11) is 0. The van der Waals surface area contributed by atoms with E-state index in [0.29, 0.717) is 14.3 Å². The Morgan fingerprint density at radius 1 is 1.10 bits per heavy atom. The SMILES string of the molecule is O=C(Nc1ccc(Oc2ccc(Cl)cc2)c([N+](=O)[O-])c1)c1cc(I)cc(I)c1O. The van der Waals surface area contributed by atoms with E-state index >= 15 is 0 Å². The first-order valence-electron chi connectivity index (χ1n) is 7.96. The first-order chi connectivity index (χ1) is 13.7. The molecular formula is C19H11ClI2N2O5. The maximum atomic E-state index is 12.5. The maximum absolute atomic E-state index is 12.5. The molecule has 3 aromatic carbocycles. The zero-order valence-electron chi connectivity index (χ0n) is 14.4. The first kappa shape index (κ1) is 21.6. The molecule has 0 heterocycles. The second-order valence-corrected chi connectivity index (χ2v) is 8.58. The van der Waals surface area contributed by atoms with Gasteiger partial charge >= 0.3 is 5.69 Å². The van der Waals surface area contributed by atoms with E-state index in [9.17, 15) is 20.0 Å². The number of anilines is 1. The molecule has 0 fully saturated rings. The topological polar surface area (TPSA) is 102 Å². The van der Waals surface area contributed by atoms with Crippen molar-refractivity contribution in [3.8, 4) is 17.2 Å². The molecular weight excluding hydrogens is 625 g/mol. The van der Waals surface area contributed by atoms with Crippen LogP contribution in [0.5, 0.6) is 17.2 Å². The molecule has 0 spiro atoms. The molecule has 0 saturated carbocycles. The predicted molar refractivity (Wildman–Crippen MR) is 126 cm³/mol. The van der Waals surface area contributed by atoms with E-state index in [0.717, 1.165) is 3.57 Å². The molecule has 0 atom stereocenters. The van der Waals surface area contributed by atoms with Gasteiger partial charge < -0.3 is 15.2 Å². The van der Waals surface area contributed by atoms with Crippen molar-refractivity contribution < 1.29 is 19.6 Å². The number of phenols is 1. The van der Waals surface area contributed by atoms with Crippen LogP contribution in [0.25, 0.3) is 0 Å². The summed E-state index contributed by atoms with van der Waals surface area (Å²) in [5.41, 5.74) is -0.0527. The largest absolute Gasteiger partial charge is 0.506 e. The monoisotopic (exact) mass is 636 g/mol. The lowest BCUT2D eigenvalue weighted by Crippen LogP contribution is -2.13. The van der Waals surface area contributed by atoms with E-state index in [1.54, 1.807) is 30.3 Å². The number of hydrogen-bond acceptors (Lipinski definition) is 5. The smallest absolute Gasteiger partial charge is 0.313 e. The lowest BCUT2D eigenvalue weighted by atomic mass is 10.1. The number of halogens is 3. The van der Waals surface area contributed by atoms with Gasteiger partial charge in [-0.3, -0.25) is 14.9 Å². The van der Waals surface area contributed by atoms with Crippen LogP contribution in [0, 0.1) is 17.3 Å². The third-order valence-corrected chi connectivity index (χ3v) is 5.42. The van der Waals surface area contributed by atoms with Gasteiger partial charge in [0, 0.05) is 20.3 Å². The molecule has 0 aromatic heterocycles. The molecule has 1 amide bonds. The lowest BCUT2D eigenvalue weighted by Gasteiger charge is -2.11. The van der Waals surface area contributed by atoms with Crippen molar-refractivity contribution in [2.24, 2.45) is 0 Å². The standard InChI is InChI=1S/C19H11ClI2N2O5/c20-10-1-4-13(5-2-10)29-17-6-3-12(9-16(17)24(27)28)23-19(26)14-7-11(21)8-15(22)18(14)25/h1-9,25H,(H,23,26). The molecule has 0 unspecified atom stereocenters. The second-order valence-electron chi connectivity index (χ2n) is 5.73. The minimum atomic E-state index is -0.604. The van der Waals surface area contributed by atoms with Gasteiger partial charge in [-0.05, 0) is 93.7 Å². The summed E-state index contributed by atoms with van der Waals surface area (Å²) in [6.07, 6.45) is 0. The van der Waals surface area contributed by atoms with Crippen molar-refractivity contribution in [3.63, 3.8) is 0 Å². The summed E-state index contributed by atoms with van der Waals surface area (Å²) in [6, 6.07) is 13.7. The Labute approximate surface area is 197 Å². The van der Waals surface area contributed by atoms with Crippen molar-refractivity contribution in [1.29, 1.82) is 0 Å². The Hall–Kier alpha value is -2.12. The molecule has 0 radical (unpaired) electrons. The molecule has 10 heteroatoms. The average Bonchev–Trinajstić information content (AvgIpc) is 2.67. The Balaban J connectivity index is 1.87. The molecule has 0 aliphatic carbocycles. The van der Waals surface area contributed by atoms with Gasteiger partial charge in [0.25, 0.3) is 5.91 Å². The first-order valence-corrected chi connectivity index (χ1v) is 10.5. The molecule has 7 nitrogen and oxygen atoms in total. The van der Waals surface area contributed by atoms with E-state index in [4.69, 9.17) is 16.3 Å². The van der Waals surface area contributed by atoms with E-state index in [-0.39, 0.29) is 28.4 Å². The zero-order valence-corrected chi connectivity index (χ0v) is 19.4. The predicted octanol–water partition coefficient (Wildman–Crippen LogP) is 6.21. The fourth-order valence-electron chi connectivity index (χ4n) is 2.39. The van der Waals surface area contributed by atoms with Gasteiger partial charge in [0.2, 0.25) is 5.75 Å². The number of nitrogens with one attached hydrogen (secondary N) is 1. The summed E-state index contributed by atoms with van der Waals surface area (Å²) >= 11 is 9.78. The fraction of sp³-hybridized carbons (Fsp3) is 0. The normalized spacial score (nSPS) is 10.4. The summed E-state index contributed by atoms with van der Waals surface area (Å²) in [5.74, 6) is -0.338. The molecule has 0 saturated heterocycles. The van der Waals surface area contributed by atoms with Crippen LogP contribution in [-0.2, 0) is 0 Å². The van der Waals surface area contributed by atoms with Crippen LogP contribution >= 0.6 is 56.8 Å². The number of rotatable bonds is 5. The number of nitro groups is 1. The van der Waals surface area contributed by atoms with Gasteiger partial charge in [0.05, 0.1) is 14.1 Å². The summed E-state index contributed by atoms with van der Waals surface area (Å²) < 4.78 is 6.86. The van der Waals surface area contributed by atoms with Crippen molar-refractivity contribution in [2.45, 2.75) is 0 Å². The van der Waals surface area contributed by atoms with Crippen molar-refractivity contribution in [1.82, 2.24) is 0 Å². The fourth-order valence-corrected chi connectivity index (χ4v) is 4.36. The maximum Gasteiger partial charge on any atom is 0.313 e. The number of amides is 1. The van der Waals surface area contributed by atoms with Crippen molar-refractivity contribution in [3.05, 3.63) is 82.4 Å². The molecule has 0 bridgehead atoms. The van der Waals surface area contributed by atoms with Gasteiger partial charge in [0.15, 0.2) is 0 Å². The Kier molecular flexibility index (Phi) is 6.80. The number of benzene rings is 3. The number of hydrogen-bond donors (Lipinski definition) is 2. The highest BCUT2D eigenvalue weighted by Gasteiger charge is 2.20. The second kappa shape index (κ2) is 9.13. The molecule has 29 heavy (non-hydrogen) atoms. The number of nitrogens with zero attached hydrogens (tertiary/aromatic N) is 1. The Bertz CT molecular complexity index is 1110. The van der Waals surface area contributed by atoms with Gasteiger partial charge in [-0.2, -0.15) is 0 Å². The quantitative estimate of drug-likeness (QED) is 0.197. The number of nitro benzene ring substituents is 1. The van der Waals surface area contributed by atoms with Gasteiger partial charge in [-0.15, -0.1) is 0 Å². The van der Waals surface area contributed by atoms with Crippen LogP contribution in [0.3, 0.4) is 0 Å². The minimum Gasteiger partial charge on any atom is -0.506 e. The third-order valence-electron chi connectivity index (χ3n) is 3.73. The number of phenolic OH excluding ortho intramolecular Hbond substituents is 1. The van der Waals surface area contributed by atoms with Gasteiger partial charge in [0.1, 0.15) is 11.5 Å². The highest BCUT2D eigenvalue weighted by atomic mass is 127. The van der Waals surface area contributed by atoms with E-state index < -0.39 is 10.8 Å².